The Kier molecular flexibility index (Phi) is 8.76. The summed E-state index contributed by atoms with van der Waals surface area (Å²) >= 11 is 0. The molecule has 1 aromatic rings. The largest absolute Gasteiger partial charge is 0.462 e. The maximum atomic E-state index is 13.0. The molecule has 0 N–H and O–H groups in total. The van der Waals surface area contributed by atoms with Crippen molar-refractivity contribution in [2.75, 3.05) is 0 Å². The first-order valence-corrected chi connectivity index (χ1v) is 11.7. The Morgan fingerprint density at radius 1 is 0.897 bits per heavy atom. The van der Waals surface area contributed by atoms with Crippen LogP contribution in [0.25, 0.3) is 0 Å². The molecule has 0 atom stereocenters. The summed E-state index contributed by atoms with van der Waals surface area (Å²) in [5.41, 5.74) is 1.26. The molecule has 2 aliphatic rings. The van der Waals surface area contributed by atoms with Crippen molar-refractivity contribution in [2.24, 2.45) is 17.8 Å². The van der Waals surface area contributed by atoms with Gasteiger partial charge in [0.25, 0.3) is 0 Å². The summed E-state index contributed by atoms with van der Waals surface area (Å²) in [7, 11) is 0. The van der Waals surface area contributed by atoms with Crippen LogP contribution in [-0.4, -0.2) is 12.1 Å². The molecule has 2 aliphatic carbocycles. The first kappa shape index (κ1) is 22.1. The number of ether oxygens (including phenoxy) is 1. The lowest BCUT2D eigenvalue weighted by Crippen LogP contribution is -2.24. The Labute approximate surface area is 175 Å². The summed E-state index contributed by atoms with van der Waals surface area (Å²) < 4.78 is 18.5. The number of hydrogen-bond acceptors (Lipinski definition) is 2. The van der Waals surface area contributed by atoms with Crippen molar-refractivity contribution < 1.29 is 13.9 Å². The highest BCUT2D eigenvalue weighted by Gasteiger charge is 2.26. The van der Waals surface area contributed by atoms with Gasteiger partial charge in [-0.25, -0.2) is 4.39 Å². The average Bonchev–Trinajstić information content (AvgIpc) is 2.74. The first-order chi connectivity index (χ1) is 14.1. The number of aryl methyl sites for hydroxylation is 1. The molecule has 2 nitrogen and oxygen atoms in total. The third-order valence-corrected chi connectivity index (χ3v) is 7.11. The van der Waals surface area contributed by atoms with Crippen LogP contribution in [0.2, 0.25) is 0 Å². The monoisotopic (exact) mass is 400 g/mol. The Morgan fingerprint density at radius 3 is 1.97 bits per heavy atom. The Hall–Kier alpha value is -1.64. The number of carbonyl (C=O) groups excluding carboxylic acids is 1. The molecule has 3 heteroatoms. The lowest BCUT2D eigenvalue weighted by molar-refractivity contribution is -0.149. The van der Waals surface area contributed by atoms with Gasteiger partial charge in [-0.3, -0.25) is 4.79 Å². The molecule has 3 rings (SSSR count). The number of rotatable bonds is 9. The second-order valence-electron chi connectivity index (χ2n) is 9.25. The lowest BCUT2D eigenvalue weighted by Gasteiger charge is -2.32. The molecule has 0 heterocycles. The van der Waals surface area contributed by atoms with Gasteiger partial charge in [-0.1, -0.05) is 56.7 Å². The van der Waals surface area contributed by atoms with E-state index in [2.05, 4.69) is 6.58 Å². The van der Waals surface area contributed by atoms with Gasteiger partial charge < -0.3 is 4.74 Å². The van der Waals surface area contributed by atoms with E-state index < -0.39 is 0 Å². The molecule has 160 valence electrons. The van der Waals surface area contributed by atoms with E-state index in [1.807, 2.05) is 12.1 Å². The summed E-state index contributed by atoms with van der Waals surface area (Å²) in [5, 5.41) is 0. The van der Waals surface area contributed by atoms with Gasteiger partial charge in [0.15, 0.2) is 0 Å². The van der Waals surface area contributed by atoms with Crippen LogP contribution < -0.4 is 0 Å². The van der Waals surface area contributed by atoms with Crippen molar-refractivity contribution in [1.29, 1.82) is 0 Å². The molecule has 1 aromatic carbocycles. The van der Waals surface area contributed by atoms with E-state index in [0.29, 0.717) is 6.42 Å². The fourth-order valence-corrected chi connectivity index (χ4v) is 5.19. The zero-order chi connectivity index (χ0) is 20.5. The third kappa shape index (κ3) is 7.60. The summed E-state index contributed by atoms with van der Waals surface area (Å²) in [6.07, 6.45) is 17.1. The number of carbonyl (C=O) groups is 1. The van der Waals surface area contributed by atoms with E-state index in [1.54, 1.807) is 18.2 Å². The number of benzene rings is 1. The Balaban J connectivity index is 1.26. The highest BCUT2D eigenvalue weighted by molar-refractivity contribution is 5.71. The van der Waals surface area contributed by atoms with Crippen LogP contribution >= 0.6 is 0 Å². The van der Waals surface area contributed by atoms with E-state index >= 15 is 0 Å². The quantitative estimate of drug-likeness (QED) is 0.329. The van der Waals surface area contributed by atoms with Gasteiger partial charge in [0.2, 0.25) is 0 Å². The molecule has 29 heavy (non-hydrogen) atoms. The van der Waals surface area contributed by atoms with Gasteiger partial charge in [0.1, 0.15) is 11.9 Å². The summed E-state index contributed by atoms with van der Waals surface area (Å²) in [6.45, 7) is 3.59. The van der Waals surface area contributed by atoms with Crippen molar-refractivity contribution in [3.05, 3.63) is 48.3 Å². The van der Waals surface area contributed by atoms with Crippen LogP contribution in [0, 0.1) is 23.6 Å². The minimum Gasteiger partial charge on any atom is -0.462 e. The molecular formula is C26H37FO2. The smallest absolute Gasteiger partial charge is 0.309 e. The van der Waals surface area contributed by atoms with Crippen LogP contribution in [0.15, 0.2) is 36.9 Å². The van der Waals surface area contributed by atoms with Gasteiger partial charge in [-0.15, -0.1) is 6.58 Å². The minimum atomic E-state index is -0.142. The molecule has 0 aromatic heterocycles. The maximum Gasteiger partial charge on any atom is 0.309 e. The predicted octanol–water partition coefficient (Wildman–Crippen LogP) is 7.02. The molecule has 0 unspecified atom stereocenters. The minimum absolute atomic E-state index is 0.125. The fourth-order valence-electron chi connectivity index (χ4n) is 5.19. The van der Waals surface area contributed by atoms with Crippen LogP contribution in [0.3, 0.4) is 0 Å². The zero-order valence-electron chi connectivity index (χ0n) is 17.8. The van der Waals surface area contributed by atoms with E-state index in [0.717, 1.165) is 37.0 Å². The molecule has 0 saturated heterocycles. The standard InChI is InChI=1S/C26H37FO2/c1-2-3-26(28)29-25-18-14-23(15-19-25)11-9-21-6-4-20(5-7-21)8-10-22-12-16-24(27)17-13-22/h2,12-13,16-17,20-21,23,25H,1,3-11,14-15,18-19H2/t20-,21-,23-,25-. The maximum absolute atomic E-state index is 13.0. The Bertz CT molecular complexity index is 623. The summed E-state index contributed by atoms with van der Waals surface area (Å²) in [4.78, 5) is 11.6. The predicted molar refractivity (Wildman–Crippen MR) is 116 cm³/mol. The second kappa shape index (κ2) is 11.5. The fraction of sp³-hybridized carbons (Fsp3) is 0.654. The zero-order valence-corrected chi connectivity index (χ0v) is 17.8. The van der Waals surface area contributed by atoms with Crippen LogP contribution in [0.5, 0.6) is 0 Å². The topological polar surface area (TPSA) is 26.3 Å². The highest BCUT2D eigenvalue weighted by Crippen LogP contribution is 2.37. The average molecular weight is 401 g/mol. The Morgan fingerprint density at radius 2 is 1.41 bits per heavy atom. The summed E-state index contributed by atoms with van der Waals surface area (Å²) in [5.74, 6) is 2.30. The van der Waals surface area contributed by atoms with E-state index in [4.69, 9.17) is 4.74 Å². The van der Waals surface area contributed by atoms with Crippen LogP contribution in [0.4, 0.5) is 4.39 Å². The number of halogens is 1. The summed E-state index contributed by atoms with van der Waals surface area (Å²) in [6, 6.07) is 7.00. The van der Waals surface area contributed by atoms with Crippen LogP contribution in [0.1, 0.15) is 82.6 Å². The second-order valence-corrected chi connectivity index (χ2v) is 9.25. The van der Waals surface area contributed by atoms with Gasteiger partial charge in [0.05, 0.1) is 6.42 Å². The molecule has 2 fully saturated rings. The molecule has 0 spiro atoms. The molecule has 0 aliphatic heterocycles. The SMILES string of the molecule is C=CCC(=O)O[C@H]1CC[C@H](CC[C@H]2CC[C@H](CCc3ccc(F)cc3)CC2)CC1. The van der Waals surface area contributed by atoms with Gasteiger partial charge >= 0.3 is 5.97 Å². The van der Waals surface area contributed by atoms with Crippen molar-refractivity contribution in [2.45, 2.75) is 89.6 Å². The van der Waals surface area contributed by atoms with E-state index in [1.165, 1.54) is 63.4 Å². The highest BCUT2D eigenvalue weighted by atomic mass is 19.1. The number of esters is 1. The van der Waals surface area contributed by atoms with E-state index in [-0.39, 0.29) is 17.9 Å². The molecule has 0 radical (unpaired) electrons. The molecule has 0 amide bonds. The van der Waals surface area contributed by atoms with Gasteiger partial charge in [-0.05, 0) is 74.0 Å². The molecular weight excluding hydrogens is 363 g/mol. The van der Waals surface area contributed by atoms with Gasteiger partial charge in [-0.2, -0.15) is 0 Å². The van der Waals surface area contributed by atoms with Gasteiger partial charge in [0, 0.05) is 0 Å². The van der Waals surface area contributed by atoms with Crippen LogP contribution in [-0.2, 0) is 16.0 Å². The van der Waals surface area contributed by atoms with Crippen molar-refractivity contribution in [3.8, 4) is 0 Å². The first-order valence-electron chi connectivity index (χ1n) is 11.7. The third-order valence-electron chi connectivity index (χ3n) is 7.11. The molecule has 2 saturated carbocycles. The van der Waals surface area contributed by atoms with E-state index in [9.17, 15) is 9.18 Å². The van der Waals surface area contributed by atoms with Crippen molar-refractivity contribution in [1.82, 2.24) is 0 Å². The lowest BCUT2D eigenvalue weighted by atomic mass is 9.75. The number of hydrogen-bond donors (Lipinski definition) is 0. The van der Waals surface area contributed by atoms with Crippen molar-refractivity contribution >= 4 is 5.97 Å². The van der Waals surface area contributed by atoms with Crippen molar-refractivity contribution in [3.63, 3.8) is 0 Å². The normalized spacial score (nSPS) is 27.3. The molecule has 0 bridgehead atoms.